The maximum absolute atomic E-state index is 10.7. The van der Waals surface area contributed by atoms with Gasteiger partial charge in [-0.2, -0.15) is 0 Å². The summed E-state index contributed by atoms with van der Waals surface area (Å²) in [6.45, 7) is 0. The summed E-state index contributed by atoms with van der Waals surface area (Å²) in [7, 11) is 0. The molecule has 0 saturated carbocycles. The van der Waals surface area contributed by atoms with Crippen LogP contribution in [0.5, 0.6) is 0 Å². The number of hydrogen-bond acceptors (Lipinski definition) is 2. The van der Waals surface area contributed by atoms with Gasteiger partial charge >= 0.3 is 0 Å². The highest BCUT2D eigenvalue weighted by molar-refractivity contribution is 7.99. The van der Waals surface area contributed by atoms with E-state index in [2.05, 4.69) is 6.07 Å². The van der Waals surface area contributed by atoms with E-state index in [1.807, 2.05) is 23.9 Å². The van der Waals surface area contributed by atoms with E-state index < -0.39 is 0 Å². The number of fused-ring (bicyclic) bond motifs is 1. The van der Waals surface area contributed by atoms with Gasteiger partial charge in [0.25, 0.3) is 0 Å². The standard InChI is InChI=1S/C10H10OS/c11-7-9-4-1-3-8-5-2-6-12-10(8)9/h1,3-4,7H,2,5-6H2. The zero-order valence-corrected chi connectivity index (χ0v) is 7.56. The Morgan fingerprint density at radius 1 is 1.42 bits per heavy atom. The first kappa shape index (κ1) is 7.87. The molecule has 1 aliphatic heterocycles. The van der Waals surface area contributed by atoms with Gasteiger partial charge in [-0.25, -0.2) is 0 Å². The van der Waals surface area contributed by atoms with Crippen molar-refractivity contribution in [3.63, 3.8) is 0 Å². The largest absolute Gasteiger partial charge is 0.298 e. The molecule has 1 heterocycles. The SMILES string of the molecule is O=Cc1cccc2c1SCCC2. The van der Waals surface area contributed by atoms with Crippen molar-refractivity contribution in [3.8, 4) is 0 Å². The molecule has 0 amide bonds. The molecule has 0 fully saturated rings. The van der Waals surface area contributed by atoms with Crippen LogP contribution in [0.25, 0.3) is 0 Å². The molecule has 12 heavy (non-hydrogen) atoms. The zero-order chi connectivity index (χ0) is 8.39. The number of hydrogen-bond donors (Lipinski definition) is 0. The molecule has 1 nitrogen and oxygen atoms in total. The summed E-state index contributed by atoms with van der Waals surface area (Å²) in [6.07, 6.45) is 3.32. The van der Waals surface area contributed by atoms with Crippen LogP contribution in [0, 0.1) is 0 Å². The molecule has 1 aliphatic rings. The Bertz CT molecular complexity index is 307. The molecule has 0 N–H and O–H groups in total. The fourth-order valence-electron chi connectivity index (χ4n) is 1.51. The van der Waals surface area contributed by atoms with E-state index >= 15 is 0 Å². The van der Waals surface area contributed by atoms with E-state index in [1.165, 1.54) is 16.9 Å². The highest BCUT2D eigenvalue weighted by Crippen LogP contribution is 2.31. The Morgan fingerprint density at radius 3 is 3.17 bits per heavy atom. The quantitative estimate of drug-likeness (QED) is 0.615. The Balaban J connectivity index is 2.51. The lowest BCUT2D eigenvalue weighted by Crippen LogP contribution is -2.00. The molecule has 0 atom stereocenters. The Labute approximate surface area is 76.2 Å². The number of benzene rings is 1. The molecule has 0 unspecified atom stereocenters. The highest BCUT2D eigenvalue weighted by Gasteiger charge is 2.12. The fourth-order valence-corrected chi connectivity index (χ4v) is 2.64. The first-order valence-corrected chi connectivity index (χ1v) is 5.10. The van der Waals surface area contributed by atoms with Gasteiger partial charge in [0.15, 0.2) is 6.29 Å². The lowest BCUT2D eigenvalue weighted by Gasteiger charge is -2.15. The molecule has 1 aromatic carbocycles. The summed E-state index contributed by atoms with van der Waals surface area (Å²) < 4.78 is 0. The summed E-state index contributed by atoms with van der Waals surface area (Å²) in [5, 5.41) is 0. The van der Waals surface area contributed by atoms with Gasteiger partial charge in [-0.1, -0.05) is 18.2 Å². The van der Waals surface area contributed by atoms with Crippen LogP contribution in [0.15, 0.2) is 23.1 Å². The molecule has 2 heteroatoms. The molecular formula is C10H10OS. The van der Waals surface area contributed by atoms with Crippen molar-refractivity contribution in [1.82, 2.24) is 0 Å². The van der Waals surface area contributed by atoms with Gasteiger partial charge in [-0.05, 0) is 24.2 Å². The molecule has 62 valence electrons. The third-order valence-corrected chi connectivity index (χ3v) is 3.37. The van der Waals surface area contributed by atoms with Crippen molar-refractivity contribution < 1.29 is 4.79 Å². The Morgan fingerprint density at radius 2 is 2.33 bits per heavy atom. The van der Waals surface area contributed by atoms with Gasteiger partial charge in [0.2, 0.25) is 0 Å². The van der Waals surface area contributed by atoms with Crippen LogP contribution in [0.1, 0.15) is 22.3 Å². The van der Waals surface area contributed by atoms with Crippen LogP contribution in [0.2, 0.25) is 0 Å². The fraction of sp³-hybridized carbons (Fsp3) is 0.300. The molecule has 1 aromatic rings. The normalized spacial score (nSPS) is 15.3. The third-order valence-electron chi connectivity index (χ3n) is 2.09. The van der Waals surface area contributed by atoms with Crippen molar-refractivity contribution in [2.24, 2.45) is 0 Å². The molecule has 0 radical (unpaired) electrons. The van der Waals surface area contributed by atoms with E-state index in [9.17, 15) is 4.79 Å². The van der Waals surface area contributed by atoms with Gasteiger partial charge in [0.05, 0.1) is 0 Å². The van der Waals surface area contributed by atoms with Crippen molar-refractivity contribution >= 4 is 18.0 Å². The summed E-state index contributed by atoms with van der Waals surface area (Å²) in [5.74, 6) is 1.15. The number of carbonyl (C=O) groups excluding carboxylic acids is 1. The second-order valence-electron chi connectivity index (χ2n) is 2.91. The van der Waals surface area contributed by atoms with Crippen LogP contribution < -0.4 is 0 Å². The van der Waals surface area contributed by atoms with Gasteiger partial charge in [-0.15, -0.1) is 11.8 Å². The predicted molar refractivity (Wildman–Crippen MR) is 50.9 cm³/mol. The van der Waals surface area contributed by atoms with Gasteiger partial charge in [0.1, 0.15) is 0 Å². The minimum atomic E-state index is 0.859. The topological polar surface area (TPSA) is 17.1 Å². The molecule has 0 aromatic heterocycles. The van der Waals surface area contributed by atoms with Crippen LogP contribution in [-0.4, -0.2) is 12.0 Å². The Kier molecular flexibility index (Phi) is 2.17. The molecule has 0 bridgehead atoms. The van der Waals surface area contributed by atoms with E-state index in [-0.39, 0.29) is 0 Å². The van der Waals surface area contributed by atoms with Crippen LogP contribution in [0.3, 0.4) is 0 Å². The third kappa shape index (κ3) is 1.27. The molecule has 0 spiro atoms. The predicted octanol–water partition coefficient (Wildman–Crippen LogP) is 2.54. The van der Waals surface area contributed by atoms with Crippen molar-refractivity contribution in [2.45, 2.75) is 17.7 Å². The van der Waals surface area contributed by atoms with Crippen molar-refractivity contribution in [3.05, 3.63) is 29.3 Å². The smallest absolute Gasteiger partial charge is 0.151 e. The number of aryl methyl sites for hydroxylation is 1. The zero-order valence-electron chi connectivity index (χ0n) is 6.75. The molecule has 0 saturated heterocycles. The van der Waals surface area contributed by atoms with Crippen molar-refractivity contribution in [1.29, 1.82) is 0 Å². The average Bonchev–Trinajstić information content (AvgIpc) is 2.17. The van der Waals surface area contributed by atoms with Gasteiger partial charge in [-0.3, -0.25) is 4.79 Å². The van der Waals surface area contributed by atoms with Crippen molar-refractivity contribution in [2.75, 3.05) is 5.75 Å². The number of carbonyl (C=O) groups is 1. The summed E-state index contributed by atoms with van der Waals surface area (Å²) >= 11 is 1.81. The second kappa shape index (κ2) is 3.31. The highest BCUT2D eigenvalue weighted by atomic mass is 32.2. The first-order valence-electron chi connectivity index (χ1n) is 4.11. The van der Waals surface area contributed by atoms with Crippen LogP contribution in [0.4, 0.5) is 0 Å². The van der Waals surface area contributed by atoms with E-state index in [1.54, 1.807) is 0 Å². The minimum Gasteiger partial charge on any atom is -0.298 e. The number of thioether (sulfide) groups is 1. The lowest BCUT2D eigenvalue weighted by molar-refractivity contribution is 0.112. The van der Waals surface area contributed by atoms with Gasteiger partial charge in [0, 0.05) is 10.5 Å². The van der Waals surface area contributed by atoms with E-state index in [0.717, 1.165) is 24.0 Å². The Hall–Kier alpha value is -0.760. The van der Waals surface area contributed by atoms with E-state index in [0.29, 0.717) is 0 Å². The second-order valence-corrected chi connectivity index (χ2v) is 4.01. The maximum atomic E-state index is 10.7. The maximum Gasteiger partial charge on any atom is 0.151 e. The van der Waals surface area contributed by atoms with Crippen LogP contribution in [-0.2, 0) is 6.42 Å². The van der Waals surface area contributed by atoms with E-state index in [4.69, 9.17) is 0 Å². The monoisotopic (exact) mass is 178 g/mol. The summed E-state index contributed by atoms with van der Waals surface area (Å²) in [4.78, 5) is 11.9. The summed E-state index contributed by atoms with van der Waals surface area (Å²) in [6, 6.07) is 5.98. The number of rotatable bonds is 1. The van der Waals surface area contributed by atoms with Crippen LogP contribution >= 0.6 is 11.8 Å². The molecule has 0 aliphatic carbocycles. The number of aldehydes is 1. The van der Waals surface area contributed by atoms with Gasteiger partial charge < -0.3 is 0 Å². The average molecular weight is 178 g/mol. The molecule has 2 rings (SSSR count). The molecular weight excluding hydrogens is 168 g/mol. The lowest BCUT2D eigenvalue weighted by atomic mass is 10.1. The first-order chi connectivity index (χ1) is 5.92. The minimum absolute atomic E-state index is 0.859. The summed E-state index contributed by atoms with van der Waals surface area (Å²) in [5.41, 5.74) is 2.20.